The smallest absolute Gasteiger partial charge is 0.342 e. The Morgan fingerprint density at radius 2 is 1.73 bits per heavy atom. The minimum Gasteiger partial charge on any atom is -0.456 e. The van der Waals surface area contributed by atoms with E-state index in [2.05, 4.69) is 0 Å². The maximum atomic E-state index is 11.6. The van der Waals surface area contributed by atoms with Gasteiger partial charge in [0.25, 0.3) is 0 Å². The van der Waals surface area contributed by atoms with E-state index in [0.29, 0.717) is 0 Å². The van der Waals surface area contributed by atoms with Crippen molar-refractivity contribution in [3.8, 4) is 0 Å². The third-order valence-electron chi connectivity index (χ3n) is 1.62. The van der Waals surface area contributed by atoms with Gasteiger partial charge in [0.1, 0.15) is 11.2 Å². The Morgan fingerprint density at radius 3 is 2.33 bits per heavy atom. The van der Waals surface area contributed by atoms with Crippen LogP contribution in [-0.2, 0) is 4.74 Å². The van der Waals surface area contributed by atoms with E-state index in [1.807, 2.05) is 0 Å². The molecule has 0 fully saturated rings. The number of carbonyl (C=O) groups excluding carboxylic acids is 1. The number of rotatable bonds is 1. The zero-order valence-electron chi connectivity index (χ0n) is 9.11. The predicted octanol–water partition coefficient (Wildman–Crippen LogP) is 2.00. The lowest BCUT2D eigenvalue weighted by Crippen LogP contribution is -2.26. The van der Waals surface area contributed by atoms with Crippen molar-refractivity contribution in [3.63, 3.8) is 0 Å². The maximum absolute atomic E-state index is 11.6. The molecule has 0 bridgehead atoms. The van der Waals surface area contributed by atoms with Gasteiger partial charge in [0.15, 0.2) is 5.43 Å². The largest absolute Gasteiger partial charge is 0.456 e. The molecule has 1 aromatic carbocycles. The first-order valence-electron chi connectivity index (χ1n) is 4.73. The van der Waals surface area contributed by atoms with E-state index in [9.17, 15) is 9.59 Å². The Balaban J connectivity index is 3.04. The van der Waals surface area contributed by atoms with Gasteiger partial charge in [-0.3, -0.25) is 4.79 Å². The SMILES string of the molecule is CC(C)(C)OC(=O)c1cccccc1=O. The minimum atomic E-state index is -0.585. The molecule has 0 amide bonds. The van der Waals surface area contributed by atoms with E-state index in [1.165, 1.54) is 12.1 Å². The molecule has 0 unspecified atom stereocenters. The van der Waals surface area contributed by atoms with E-state index in [0.717, 1.165) is 0 Å². The topological polar surface area (TPSA) is 43.4 Å². The lowest BCUT2D eigenvalue weighted by atomic mass is 10.2. The monoisotopic (exact) mass is 206 g/mol. The van der Waals surface area contributed by atoms with Crippen molar-refractivity contribution in [3.05, 3.63) is 46.1 Å². The van der Waals surface area contributed by atoms with E-state index >= 15 is 0 Å². The summed E-state index contributed by atoms with van der Waals surface area (Å²) in [6, 6.07) is 7.74. The highest BCUT2D eigenvalue weighted by molar-refractivity contribution is 5.89. The van der Waals surface area contributed by atoms with Crippen molar-refractivity contribution < 1.29 is 9.53 Å². The molecule has 0 aromatic heterocycles. The summed E-state index contributed by atoms with van der Waals surface area (Å²) in [5.74, 6) is -0.580. The average molecular weight is 206 g/mol. The molecule has 0 heterocycles. The fourth-order valence-corrected chi connectivity index (χ4v) is 1.03. The second-order valence-electron chi connectivity index (χ2n) is 4.19. The molecule has 1 aromatic rings. The van der Waals surface area contributed by atoms with Gasteiger partial charge in [-0.1, -0.05) is 18.2 Å². The number of hydrogen-bond donors (Lipinski definition) is 0. The van der Waals surface area contributed by atoms with Gasteiger partial charge < -0.3 is 4.74 Å². The quantitative estimate of drug-likeness (QED) is 0.660. The van der Waals surface area contributed by atoms with Gasteiger partial charge in [-0.25, -0.2) is 4.79 Å². The summed E-state index contributed by atoms with van der Waals surface area (Å²) < 4.78 is 5.11. The van der Waals surface area contributed by atoms with Crippen LogP contribution in [0.15, 0.2) is 35.1 Å². The molecule has 0 saturated carbocycles. The van der Waals surface area contributed by atoms with E-state index < -0.39 is 11.6 Å². The molecule has 0 aliphatic carbocycles. The van der Waals surface area contributed by atoms with Crippen molar-refractivity contribution in [1.29, 1.82) is 0 Å². The van der Waals surface area contributed by atoms with Crippen LogP contribution >= 0.6 is 0 Å². The summed E-state index contributed by atoms with van der Waals surface area (Å²) in [6.45, 7) is 5.29. The molecule has 1 rings (SSSR count). The van der Waals surface area contributed by atoms with Gasteiger partial charge in [0.2, 0.25) is 0 Å². The summed E-state index contributed by atoms with van der Waals surface area (Å²) in [4.78, 5) is 23.0. The molecule has 0 atom stereocenters. The van der Waals surface area contributed by atoms with Crippen LogP contribution in [0.25, 0.3) is 0 Å². The molecule has 0 saturated heterocycles. The van der Waals surface area contributed by atoms with Crippen LogP contribution < -0.4 is 5.43 Å². The summed E-state index contributed by atoms with van der Waals surface area (Å²) in [7, 11) is 0. The summed E-state index contributed by atoms with van der Waals surface area (Å²) in [5, 5.41) is 0. The van der Waals surface area contributed by atoms with Crippen LogP contribution in [0.4, 0.5) is 0 Å². The van der Waals surface area contributed by atoms with Crippen LogP contribution in [0.2, 0.25) is 0 Å². The summed E-state index contributed by atoms with van der Waals surface area (Å²) >= 11 is 0. The van der Waals surface area contributed by atoms with Crippen molar-refractivity contribution in [2.75, 3.05) is 0 Å². The minimum absolute atomic E-state index is 0.0647. The second kappa shape index (κ2) is 4.26. The van der Waals surface area contributed by atoms with Crippen LogP contribution in [0.3, 0.4) is 0 Å². The predicted molar refractivity (Wildman–Crippen MR) is 57.9 cm³/mol. The fourth-order valence-electron chi connectivity index (χ4n) is 1.03. The highest BCUT2D eigenvalue weighted by atomic mass is 16.6. The van der Waals surface area contributed by atoms with Crippen molar-refractivity contribution in [2.45, 2.75) is 26.4 Å². The molecule has 15 heavy (non-hydrogen) atoms. The molecule has 0 radical (unpaired) electrons. The van der Waals surface area contributed by atoms with Crippen LogP contribution in [0, 0.1) is 0 Å². The third-order valence-corrected chi connectivity index (χ3v) is 1.62. The molecule has 3 heteroatoms. The zero-order valence-corrected chi connectivity index (χ0v) is 9.11. The Kier molecular flexibility index (Phi) is 3.24. The number of esters is 1. The van der Waals surface area contributed by atoms with Crippen molar-refractivity contribution in [2.24, 2.45) is 0 Å². The van der Waals surface area contributed by atoms with Crippen molar-refractivity contribution in [1.82, 2.24) is 0 Å². The van der Waals surface area contributed by atoms with Crippen LogP contribution in [0.5, 0.6) is 0 Å². The van der Waals surface area contributed by atoms with Crippen LogP contribution in [0.1, 0.15) is 31.1 Å². The lowest BCUT2D eigenvalue weighted by molar-refractivity contribution is 0.00683. The van der Waals surface area contributed by atoms with E-state index in [-0.39, 0.29) is 11.0 Å². The standard InChI is InChI=1S/C12H14O3/c1-12(2,3)15-11(14)9-7-5-4-6-8-10(9)13/h4-8H,1-3H3. The Hall–Kier alpha value is -1.64. The average Bonchev–Trinajstić information content (AvgIpc) is 2.26. The van der Waals surface area contributed by atoms with Gasteiger partial charge in [0, 0.05) is 0 Å². The first kappa shape index (κ1) is 11.4. The highest BCUT2D eigenvalue weighted by Crippen LogP contribution is 2.09. The Labute approximate surface area is 88.7 Å². The zero-order chi connectivity index (χ0) is 11.5. The molecule has 0 aliphatic rings. The summed E-state index contributed by atoms with van der Waals surface area (Å²) in [5.41, 5.74) is -0.845. The van der Waals surface area contributed by atoms with E-state index in [1.54, 1.807) is 39.0 Å². The van der Waals surface area contributed by atoms with Gasteiger partial charge in [-0.05, 0) is 32.9 Å². The Bertz CT molecular complexity index is 416. The number of hydrogen-bond acceptors (Lipinski definition) is 3. The van der Waals surface area contributed by atoms with Gasteiger partial charge in [0.05, 0.1) is 0 Å². The number of carbonyl (C=O) groups is 1. The number of ether oxygens (including phenoxy) is 1. The molecular formula is C12H14O3. The first-order valence-corrected chi connectivity index (χ1v) is 4.73. The van der Waals surface area contributed by atoms with Crippen molar-refractivity contribution >= 4 is 5.97 Å². The first-order chi connectivity index (χ1) is 6.90. The molecule has 0 N–H and O–H groups in total. The summed E-state index contributed by atoms with van der Waals surface area (Å²) in [6.07, 6.45) is 0. The normalized spacial score (nSPS) is 10.9. The molecule has 80 valence electrons. The lowest BCUT2D eigenvalue weighted by Gasteiger charge is -2.18. The molecule has 3 nitrogen and oxygen atoms in total. The van der Waals surface area contributed by atoms with E-state index in [4.69, 9.17) is 4.74 Å². The van der Waals surface area contributed by atoms with Gasteiger partial charge in [-0.2, -0.15) is 0 Å². The maximum Gasteiger partial charge on any atom is 0.342 e. The third kappa shape index (κ3) is 3.54. The van der Waals surface area contributed by atoms with Crippen LogP contribution in [-0.4, -0.2) is 11.6 Å². The second-order valence-corrected chi connectivity index (χ2v) is 4.19. The molecule has 0 aliphatic heterocycles. The molecule has 0 spiro atoms. The van der Waals surface area contributed by atoms with Gasteiger partial charge in [-0.15, -0.1) is 0 Å². The highest BCUT2D eigenvalue weighted by Gasteiger charge is 2.18. The fraction of sp³-hybridized carbons (Fsp3) is 0.333. The Morgan fingerprint density at radius 1 is 1.13 bits per heavy atom. The molecular weight excluding hydrogens is 192 g/mol. The van der Waals surface area contributed by atoms with Gasteiger partial charge >= 0.3 is 5.97 Å².